The summed E-state index contributed by atoms with van der Waals surface area (Å²) in [5, 5.41) is 3.50. The third kappa shape index (κ3) is 2.42. The van der Waals surface area contributed by atoms with E-state index in [0.717, 1.165) is 10.5 Å². The van der Waals surface area contributed by atoms with Crippen LogP contribution in [-0.2, 0) is 0 Å². The van der Waals surface area contributed by atoms with Gasteiger partial charge in [-0.3, -0.25) is 0 Å². The normalized spacial score (nSPS) is 26.7. The SMILES string of the molecule is C(SC1CC1)SC1CC1. The maximum atomic E-state index is 2.17. The van der Waals surface area contributed by atoms with Gasteiger partial charge in [0.15, 0.2) is 0 Å². The Hall–Kier alpha value is 0.700. The third-order valence-corrected chi connectivity index (χ3v) is 4.63. The van der Waals surface area contributed by atoms with Crippen molar-refractivity contribution in [3.63, 3.8) is 0 Å². The number of hydrogen-bond donors (Lipinski definition) is 0. The lowest BCUT2D eigenvalue weighted by atomic mass is 11.0. The molecular weight excluding hydrogens is 148 g/mol. The van der Waals surface area contributed by atoms with E-state index in [1.807, 2.05) is 0 Å². The molecule has 0 aromatic rings. The average Bonchev–Trinajstić information content (AvgIpc) is 2.57. The number of rotatable bonds is 4. The van der Waals surface area contributed by atoms with E-state index in [1.54, 1.807) is 0 Å². The summed E-state index contributed by atoms with van der Waals surface area (Å²) >= 11 is 4.35. The lowest BCUT2D eigenvalue weighted by Gasteiger charge is -1.95. The molecule has 0 heterocycles. The first-order valence-corrected chi connectivity index (χ1v) is 5.78. The summed E-state index contributed by atoms with van der Waals surface area (Å²) in [5.41, 5.74) is 0. The zero-order valence-corrected chi connectivity index (χ0v) is 7.14. The molecule has 0 amide bonds. The van der Waals surface area contributed by atoms with Crippen LogP contribution < -0.4 is 0 Å². The maximum Gasteiger partial charge on any atom is 0.0397 e. The zero-order chi connectivity index (χ0) is 6.10. The van der Waals surface area contributed by atoms with Crippen molar-refractivity contribution in [2.45, 2.75) is 36.2 Å². The molecule has 0 aromatic heterocycles. The summed E-state index contributed by atoms with van der Waals surface area (Å²) in [6, 6.07) is 0. The van der Waals surface area contributed by atoms with E-state index >= 15 is 0 Å². The summed E-state index contributed by atoms with van der Waals surface area (Å²) in [6.07, 6.45) is 5.98. The van der Waals surface area contributed by atoms with Crippen LogP contribution in [0, 0.1) is 0 Å². The molecule has 2 fully saturated rings. The van der Waals surface area contributed by atoms with Crippen molar-refractivity contribution < 1.29 is 0 Å². The largest absolute Gasteiger partial charge is 0.148 e. The molecule has 0 saturated heterocycles. The molecule has 0 radical (unpaired) electrons. The molecule has 0 N–H and O–H groups in total. The minimum atomic E-state index is 1.07. The van der Waals surface area contributed by atoms with E-state index in [9.17, 15) is 0 Å². The molecule has 2 saturated carbocycles. The molecule has 0 bridgehead atoms. The Balaban J connectivity index is 1.46. The highest BCUT2D eigenvalue weighted by Gasteiger charge is 2.25. The van der Waals surface area contributed by atoms with Gasteiger partial charge in [0.05, 0.1) is 0 Å². The Bertz CT molecular complexity index is 83.1. The van der Waals surface area contributed by atoms with Crippen molar-refractivity contribution in [2.24, 2.45) is 0 Å². The predicted molar refractivity (Wildman–Crippen MR) is 46.1 cm³/mol. The van der Waals surface area contributed by atoms with Gasteiger partial charge in [-0.05, 0) is 25.7 Å². The molecule has 0 aliphatic heterocycles. The molecule has 2 rings (SSSR count). The summed E-state index contributed by atoms with van der Waals surface area (Å²) in [7, 11) is 0. The second-order valence-electron chi connectivity index (χ2n) is 2.85. The Kier molecular flexibility index (Phi) is 1.96. The molecule has 0 aromatic carbocycles. The van der Waals surface area contributed by atoms with Gasteiger partial charge in [-0.1, -0.05) is 0 Å². The molecule has 0 nitrogen and oxygen atoms in total. The first-order chi connectivity index (χ1) is 4.45. The second-order valence-corrected chi connectivity index (χ2v) is 5.79. The lowest BCUT2D eigenvalue weighted by Crippen LogP contribution is -1.77. The van der Waals surface area contributed by atoms with Crippen LogP contribution in [0.5, 0.6) is 0 Å². The minimum Gasteiger partial charge on any atom is -0.148 e. The van der Waals surface area contributed by atoms with Gasteiger partial charge in [0, 0.05) is 15.6 Å². The van der Waals surface area contributed by atoms with Gasteiger partial charge in [-0.15, -0.1) is 23.5 Å². The minimum absolute atomic E-state index is 1.07. The Morgan fingerprint density at radius 1 is 0.889 bits per heavy atom. The Morgan fingerprint density at radius 2 is 1.33 bits per heavy atom. The predicted octanol–water partition coefficient (Wildman–Crippen LogP) is 2.74. The van der Waals surface area contributed by atoms with Crippen molar-refractivity contribution in [1.82, 2.24) is 0 Å². The first-order valence-electron chi connectivity index (χ1n) is 3.68. The van der Waals surface area contributed by atoms with Gasteiger partial charge in [0.25, 0.3) is 0 Å². The maximum absolute atomic E-state index is 2.17. The zero-order valence-electron chi connectivity index (χ0n) is 5.51. The highest BCUT2D eigenvalue weighted by atomic mass is 32.2. The second kappa shape index (κ2) is 2.75. The third-order valence-electron chi connectivity index (χ3n) is 1.66. The monoisotopic (exact) mass is 160 g/mol. The van der Waals surface area contributed by atoms with Crippen LogP contribution in [-0.4, -0.2) is 15.6 Å². The van der Waals surface area contributed by atoms with Crippen molar-refractivity contribution in [3.05, 3.63) is 0 Å². The Morgan fingerprint density at radius 3 is 1.67 bits per heavy atom. The fourth-order valence-corrected chi connectivity index (χ4v) is 3.49. The lowest BCUT2D eigenvalue weighted by molar-refractivity contribution is 1.50. The number of hydrogen-bond acceptors (Lipinski definition) is 2. The molecule has 2 heteroatoms. The highest BCUT2D eigenvalue weighted by Crippen LogP contribution is 2.41. The van der Waals surface area contributed by atoms with Crippen molar-refractivity contribution >= 4 is 23.5 Å². The van der Waals surface area contributed by atoms with Crippen LogP contribution in [0.2, 0.25) is 0 Å². The van der Waals surface area contributed by atoms with E-state index in [4.69, 9.17) is 0 Å². The van der Waals surface area contributed by atoms with Crippen molar-refractivity contribution in [1.29, 1.82) is 0 Å². The van der Waals surface area contributed by atoms with Gasteiger partial charge in [0.2, 0.25) is 0 Å². The summed E-state index contributed by atoms with van der Waals surface area (Å²) < 4.78 is 0. The van der Waals surface area contributed by atoms with Crippen molar-refractivity contribution in [3.8, 4) is 0 Å². The van der Waals surface area contributed by atoms with Gasteiger partial charge >= 0.3 is 0 Å². The summed E-state index contributed by atoms with van der Waals surface area (Å²) in [6.45, 7) is 0. The molecule has 2 aliphatic rings. The molecule has 2 aliphatic carbocycles. The quantitative estimate of drug-likeness (QED) is 0.580. The molecule has 0 atom stereocenters. The van der Waals surface area contributed by atoms with E-state index < -0.39 is 0 Å². The van der Waals surface area contributed by atoms with Crippen LogP contribution in [0.1, 0.15) is 25.7 Å². The Labute approximate surface area is 65.2 Å². The molecule has 9 heavy (non-hydrogen) atoms. The molecule has 52 valence electrons. The summed E-state index contributed by atoms with van der Waals surface area (Å²) in [5.74, 6) is 0. The van der Waals surface area contributed by atoms with E-state index in [1.165, 1.54) is 30.8 Å². The summed E-state index contributed by atoms with van der Waals surface area (Å²) in [4.78, 5) is 0. The van der Waals surface area contributed by atoms with E-state index in [2.05, 4.69) is 23.5 Å². The first kappa shape index (κ1) is 6.41. The van der Waals surface area contributed by atoms with Gasteiger partial charge in [-0.2, -0.15) is 0 Å². The molecule has 0 unspecified atom stereocenters. The highest BCUT2D eigenvalue weighted by molar-refractivity contribution is 8.16. The van der Waals surface area contributed by atoms with Gasteiger partial charge in [0.1, 0.15) is 0 Å². The van der Waals surface area contributed by atoms with Crippen LogP contribution in [0.4, 0.5) is 0 Å². The van der Waals surface area contributed by atoms with Gasteiger partial charge < -0.3 is 0 Å². The fraction of sp³-hybridized carbons (Fsp3) is 1.00. The van der Waals surface area contributed by atoms with Crippen LogP contribution in [0.15, 0.2) is 0 Å². The van der Waals surface area contributed by atoms with Crippen LogP contribution >= 0.6 is 23.5 Å². The fourth-order valence-electron chi connectivity index (χ4n) is 0.701. The average molecular weight is 160 g/mol. The number of thioether (sulfide) groups is 2. The standard InChI is InChI=1S/C7H12S2/c1-2-6(1)8-5-9-7-3-4-7/h6-7H,1-5H2. The smallest absolute Gasteiger partial charge is 0.0397 e. The van der Waals surface area contributed by atoms with Gasteiger partial charge in [-0.25, -0.2) is 0 Å². The molecular formula is C7H12S2. The molecule has 0 spiro atoms. The van der Waals surface area contributed by atoms with E-state index in [-0.39, 0.29) is 0 Å². The topological polar surface area (TPSA) is 0 Å². The van der Waals surface area contributed by atoms with Crippen molar-refractivity contribution in [2.75, 3.05) is 5.08 Å². The van der Waals surface area contributed by atoms with E-state index in [0.29, 0.717) is 0 Å². The van der Waals surface area contributed by atoms with Crippen LogP contribution in [0.3, 0.4) is 0 Å². The van der Waals surface area contributed by atoms with Crippen LogP contribution in [0.25, 0.3) is 0 Å².